The molecule has 0 atom stereocenters. The number of rotatable bonds is 1. The maximum absolute atomic E-state index is 3.73. The Hall–Kier alpha value is -0.790. The van der Waals surface area contributed by atoms with Crippen LogP contribution in [0.5, 0.6) is 0 Å². The lowest BCUT2D eigenvalue weighted by molar-refractivity contribution is 0.721. The van der Waals surface area contributed by atoms with E-state index in [9.17, 15) is 0 Å². The SMILES string of the molecule is C=N/C=C1/CCCCCN1. The van der Waals surface area contributed by atoms with Gasteiger partial charge >= 0.3 is 0 Å². The Balaban J connectivity index is 2.42. The monoisotopic (exact) mass is 138 g/mol. The van der Waals surface area contributed by atoms with Crippen molar-refractivity contribution in [3.63, 3.8) is 0 Å². The summed E-state index contributed by atoms with van der Waals surface area (Å²) in [4.78, 5) is 3.73. The van der Waals surface area contributed by atoms with E-state index in [-0.39, 0.29) is 0 Å². The Kier molecular flexibility index (Phi) is 3.00. The fourth-order valence-corrected chi connectivity index (χ4v) is 1.17. The molecule has 1 fully saturated rings. The molecule has 1 saturated heterocycles. The van der Waals surface area contributed by atoms with Gasteiger partial charge in [-0.3, -0.25) is 4.99 Å². The number of aliphatic imine (C=N–C) groups is 1. The summed E-state index contributed by atoms with van der Waals surface area (Å²) in [6.07, 6.45) is 6.87. The molecule has 1 aliphatic rings. The average molecular weight is 138 g/mol. The van der Waals surface area contributed by atoms with Crippen LogP contribution < -0.4 is 5.32 Å². The summed E-state index contributed by atoms with van der Waals surface area (Å²) >= 11 is 0. The van der Waals surface area contributed by atoms with E-state index in [4.69, 9.17) is 0 Å². The minimum atomic E-state index is 1.10. The van der Waals surface area contributed by atoms with Crippen LogP contribution in [-0.4, -0.2) is 13.3 Å². The van der Waals surface area contributed by atoms with E-state index in [0.717, 1.165) is 13.0 Å². The molecule has 0 amide bonds. The summed E-state index contributed by atoms with van der Waals surface area (Å²) in [6.45, 7) is 4.52. The van der Waals surface area contributed by atoms with E-state index in [2.05, 4.69) is 17.0 Å². The van der Waals surface area contributed by atoms with Crippen LogP contribution in [0.4, 0.5) is 0 Å². The molecule has 56 valence electrons. The van der Waals surface area contributed by atoms with Crippen molar-refractivity contribution in [3.8, 4) is 0 Å². The van der Waals surface area contributed by atoms with Gasteiger partial charge in [-0.05, 0) is 26.0 Å². The zero-order valence-electron chi connectivity index (χ0n) is 6.27. The van der Waals surface area contributed by atoms with Gasteiger partial charge in [0.1, 0.15) is 0 Å². The van der Waals surface area contributed by atoms with E-state index >= 15 is 0 Å². The van der Waals surface area contributed by atoms with Crippen molar-refractivity contribution < 1.29 is 0 Å². The lowest BCUT2D eigenvalue weighted by atomic mass is 10.2. The van der Waals surface area contributed by atoms with Crippen LogP contribution in [-0.2, 0) is 0 Å². The van der Waals surface area contributed by atoms with Gasteiger partial charge in [-0.2, -0.15) is 0 Å². The molecule has 2 nitrogen and oxygen atoms in total. The average Bonchev–Trinajstić information content (AvgIpc) is 2.17. The zero-order chi connectivity index (χ0) is 7.23. The fraction of sp³-hybridized carbons (Fsp3) is 0.625. The number of nitrogens with zero attached hydrogens (tertiary/aromatic N) is 1. The molecule has 0 unspecified atom stereocenters. The summed E-state index contributed by atoms with van der Waals surface area (Å²) in [5.74, 6) is 0. The molecule has 1 aliphatic heterocycles. The van der Waals surface area contributed by atoms with Crippen molar-refractivity contribution in [1.29, 1.82) is 0 Å². The second-order valence-corrected chi connectivity index (χ2v) is 2.57. The standard InChI is InChI=1S/C8H14N2/c1-9-7-8-5-3-2-4-6-10-8/h7,10H,1-6H2/b8-7-. The lowest BCUT2D eigenvalue weighted by Crippen LogP contribution is -2.11. The number of nitrogens with one attached hydrogen (secondary N) is 1. The van der Waals surface area contributed by atoms with Crippen molar-refractivity contribution in [1.82, 2.24) is 5.32 Å². The number of allylic oxidation sites excluding steroid dienone is 1. The highest BCUT2D eigenvalue weighted by molar-refractivity contribution is 5.26. The zero-order valence-corrected chi connectivity index (χ0v) is 6.27. The first kappa shape index (κ1) is 7.32. The highest BCUT2D eigenvalue weighted by atomic mass is 14.9. The summed E-state index contributed by atoms with van der Waals surface area (Å²) in [7, 11) is 0. The van der Waals surface area contributed by atoms with Gasteiger partial charge in [-0.15, -0.1) is 0 Å². The molecule has 1 N–H and O–H groups in total. The Morgan fingerprint density at radius 2 is 2.30 bits per heavy atom. The first-order valence-corrected chi connectivity index (χ1v) is 3.82. The van der Waals surface area contributed by atoms with Crippen molar-refractivity contribution in [2.75, 3.05) is 6.54 Å². The van der Waals surface area contributed by atoms with E-state index in [1.54, 1.807) is 0 Å². The molecule has 0 radical (unpaired) electrons. The predicted molar refractivity (Wildman–Crippen MR) is 44.1 cm³/mol. The quantitative estimate of drug-likeness (QED) is 0.548. The molecule has 0 aromatic carbocycles. The van der Waals surface area contributed by atoms with E-state index in [0.29, 0.717) is 0 Å². The summed E-state index contributed by atoms with van der Waals surface area (Å²) in [5.41, 5.74) is 1.24. The molecule has 0 aromatic rings. The van der Waals surface area contributed by atoms with Crippen LogP contribution in [0, 0.1) is 0 Å². The van der Waals surface area contributed by atoms with Gasteiger partial charge in [-0.1, -0.05) is 6.42 Å². The van der Waals surface area contributed by atoms with Crippen LogP contribution in [0.2, 0.25) is 0 Å². The van der Waals surface area contributed by atoms with Crippen LogP contribution >= 0.6 is 0 Å². The molecule has 10 heavy (non-hydrogen) atoms. The van der Waals surface area contributed by atoms with E-state index in [1.165, 1.54) is 25.0 Å². The van der Waals surface area contributed by atoms with Crippen LogP contribution in [0.3, 0.4) is 0 Å². The highest BCUT2D eigenvalue weighted by Crippen LogP contribution is 2.10. The Morgan fingerprint density at radius 3 is 3.10 bits per heavy atom. The van der Waals surface area contributed by atoms with Gasteiger partial charge in [0.15, 0.2) is 0 Å². The lowest BCUT2D eigenvalue weighted by Gasteiger charge is -2.02. The summed E-state index contributed by atoms with van der Waals surface area (Å²) in [5, 5.41) is 3.31. The van der Waals surface area contributed by atoms with Gasteiger partial charge in [0.2, 0.25) is 0 Å². The fourth-order valence-electron chi connectivity index (χ4n) is 1.17. The highest BCUT2D eigenvalue weighted by Gasteiger charge is 2.00. The van der Waals surface area contributed by atoms with Crippen molar-refractivity contribution >= 4 is 6.72 Å². The molecule has 2 heteroatoms. The maximum atomic E-state index is 3.73. The molecule has 0 bridgehead atoms. The third-order valence-corrected chi connectivity index (χ3v) is 1.72. The second kappa shape index (κ2) is 4.09. The van der Waals surface area contributed by atoms with Crippen molar-refractivity contribution in [3.05, 3.63) is 11.9 Å². The van der Waals surface area contributed by atoms with Crippen LogP contribution in [0.15, 0.2) is 16.9 Å². The number of hydrogen-bond donors (Lipinski definition) is 1. The van der Waals surface area contributed by atoms with Crippen LogP contribution in [0.1, 0.15) is 25.7 Å². The van der Waals surface area contributed by atoms with Gasteiger partial charge in [0, 0.05) is 18.4 Å². The van der Waals surface area contributed by atoms with Gasteiger partial charge in [0.25, 0.3) is 0 Å². The molecule has 0 aromatic heterocycles. The Morgan fingerprint density at radius 1 is 1.40 bits per heavy atom. The first-order chi connectivity index (χ1) is 4.93. The smallest absolute Gasteiger partial charge is 0.0450 e. The molecular formula is C8H14N2. The maximum Gasteiger partial charge on any atom is 0.0450 e. The van der Waals surface area contributed by atoms with Crippen molar-refractivity contribution in [2.45, 2.75) is 25.7 Å². The Bertz CT molecular complexity index is 128. The largest absolute Gasteiger partial charge is 0.387 e. The van der Waals surface area contributed by atoms with Gasteiger partial charge in [-0.25, -0.2) is 0 Å². The van der Waals surface area contributed by atoms with E-state index in [1.807, 2.05) is 6.20 Å². The van der Waals surface area contributed by atoms with Gasteiger partial charge in [0.05, 0.1) is 0 Å². The molecule has 0 aliphatic carbocycles. The number of hydrogen-bond acceptors (Lipinski definition) is 2. The second-order valence-electron chi connectivity index (χ2n) is 2.57. The van der Waals surface area contributed by atoms with Gasteiger partial charge < -0.3 is 5.32 Å². The minimum absolute atomic E-state index is 1.10. The molecule has 1 rings (SSSR count). The summed E-state index contributed by atoms with van der Waals surface area (Å²) in [6, 6.07) is 0. The van der Waals surface area contributed by atoms with Crippen molar-refractivity contribution in [2.24, 2.45) is 4.99 Å². The topological polar surface area (TPSA) is 24.4 Å². The third-order valence-electron chi connectivity index (χ3n) is 1.72. The van der Waals surface area contributed by atoms with E-state index < -0.39 is 0 Å². The Labute approximate surface area is 62.0 Å². The molecule has 1 heterocycles. The first-order valence-electron chi connectivity index (χ1n) is 3.82. The predicted octanol–water partition coefficient (Wildman–Crippen LogP) is 1.69. The van der Waals surface area contributed by atoms with Crippen LogP contribution in [0.25, 0.3) is 0 Å². The summed E-state index contributed by atoms with van der Waals surface area (Å²) < 4.78 is 0. The molecular weight excluding hydrogens is 124 g/mol. The normalized spacial score (nSPS) is 23.4. The molecule has 0 spiro atoms. The third kappa shape index (κ3) is 2.21. The minimum Gasteiger partial charge on any atom is -0.387 e. The molecule has 0 saturated carbocycles.